The number of aliphatic hydroxyl groups excluding tert-OH is 1. The average molecular weight is 529 g/mol. The number of Topliss-reactive ketones (excluding diaryl/α,β-unsaturated/α-hetero) is 1. The number of aryl methyl sites for hydroxylation is 4. The second-order valence-corrected chi connectivity index (χ2v) is 10.6. The fourth-order valence-corrected chi connectivity index (χ4v) is 6.08. The van der Waals surface area contributed by atoms with Crippen LogP contribution in [0.15, 0.2) is 54.1 Å². The molecule has 4 aromatic rings. The SMILES string of the molecule is CCOc1cc(C2/C(=C(\O)c3cc(C)ccc3C)C(=O)C(=O)N2c2nc3c(C)cc(C)cc3s2)ccc1O. The highest BCUT2D eigenvalue weighted by atomic mass is 32.1. The maximum atomic E-state index is 13.6. The summed E-state index contributed by atoms with van der Waals surface area (Å²) in [4.78, 5) is 33.3. The van der Waals surface area contributed by atoms with Crippen molar-refractivity contribution in [2.45, 2.75) is 40.7 Å². The molecule has 2 heterocycles. The van der Waals surface area contributed by atoms with E-state index in [-0.39, 0.29) is 22.8 Å². The van der Waals surface area contributed by atoms with E-state index in [0.29, 0.717) is 22.9 Å². The van der Waals surface area contributed by atoms with Crippen LogP contribution in [0.5, 0.6) is 11.5 Å². The van der Waals surface area contributed by atoms with E-state index in [1.165, 1.54) is 22.3 Å². The minimum absolute atomic E-state index is 0.0380. The molecule has 1 aliphatic rings. The Bertz CT molecular complexity index is 1650. The molecule has 1 fully saturated rings. The number of hydrogen-bond donors (Lipinski definition) is 2. The van der Waals surface area contributed by atoms with Crippen molar-refractivity contribution in [3.05, 3.63) is 87.5 Å². The Morgan fingerprint density at radius 3 is 2.50 bits per heavy atom. The minimum Gasteiger partial charge on any atom is -0.507 e. The number of ether oxygens (including phenoxy) is 1. The maximum Gasteiger partial charge on any atom is 0.301 e. The number of anilines is 1. The first-order valence-electron chi connectivity index (χ1n) is 12.3. The molecule has 194 valence electrons. The van der Waals surface area contributed by atoms with E-state index >= 15 is 0 Å². The van der Waals surface area contributed by atoms with Crippen LogP contribution in [0.1, 0.15) is 46.3 Å². The van der Waals surface area contributed by atoms with Crippen molar-refractivity contribution < 1.29 is 24.5 Å². The number of carbonyl (C=O) groups excluding carboxylic acids is 2. The highest BCUT2D eigenvalue weighted by Crippen LogP contribution is 2.46. The van der Waals surface area contributed by atoms with Gasteiger partial charge in [-0.2, -0.15) is 0 Å². The molecule has 1 amide bonds. The number of aromatic nitrogens is 1. The Balaban J connectivity index is 1.78. The zero-order valence-electron chi connectivity index (χ0n) is 21.8. The largest absolute Gasteiger partial charge is 0.507 e. The molecule has 0 radical (unpaired) electrons. The number of phenolic OH excluding ortho intramolecular Hbond substituents is 1. The van der Waals surface area contributed by atoms with Crippen molar-refractivity contribution in [1.82, 2.24) is 4.98 Å². The third-order valence-electron chi connectivity index (χ3n) is 6.72. The zero-order valence-corrected chi connectivity index (χ0v) is 22.6. The van der Waals surface area contributed by atoms with Gasteiger partial charge in [0.15, 0.2) is 16.6 Å². The van der Waals surface area contributed by atoms with Crippen molar-refractivity contribution in [3.8, 4) is 11.5 Å². The minimum atomic E-state index is -0.975. The van der Waals surface area contributed by atoms with E-state index in [0.717, 1.165) is 32.5 Å². The number of aromatic hydroxyl groups is 1. The Labute approximate surface area is 224 Å². The molecule has 3 aromatic carbocycles. The Morgan fingerprint density at radius 1 is 1.00 bits per heavy atom. The summed E-state index contributed by atoms with van der Waals surface area (Å²) in [6.07, 6.45) is 0. The van der Waals surface area contributed by atoms with Crippen LogP contribution >= 0.6 is 11.3 Å². The smallest absolute Gasteiger partial charge is 0.301 e. The maximum absolute atomic E-state index is 13.6. The summed E-state index contributed by atoms with van der Waals surface area (Å²) in [5, 5.41) is 22.2. The molecule has 1 aromatic heterocycles. The fraction of sp³-hybridized carbons (Fsp3) is 0.233. The van der Waals surface area contributed by atoms with Gasteiger partial charge in [0.25, 0.3) is 5.78 Å². The van der Waals surface area contributed by atoms with Crippen molar-refractivity contribution in [3.63, 3.8) is 0 Å². The highest BCUT2D eigenvalue weighted by Gasteiger charge is 2.48. The van der Waals surface area contributed by atoms with Gasteiger partial charge in [0, 0.05) is 5.56 Å². The molecule has 1 saturated heterocycles. The molecule has 38 heavy (non-hydrogen) atoms. The molecule has 1 unspecified atom stereocenters. The van der Waals surface area contributed by atoms with Gasteiger partial charge in [-0.3, -0.25) is 14.5 Å². The summed E-state index contributed by atoms with van der Waals surface area (Å²) in [5.41, 5.74) is 5.41. The molecular weight excluding hydrogens is 500 g/mol. The van der Waals surface area contributed by atoms with Crippen LogP contribution in [0.3, 0.4) is 0 Å². The number of fused-ring (bicyclic) bond motifs is 1. The van der Waals surface area contributed by atoms with Gasteiger partial charge in [0.2, 0.25) is 0 Å². The lowest BCUT2D eigenvalue weighted by Crippen LogP contribution is -2.29. The average Bonchev–Trinajstić information content (AvgIpc) is 3.40. The molecule has 0 saturated carbocycles. The van der Waals surface area contributed by atoms with Gasteiger partial charge in [0.1, 0.15) is 5.76 Å². The van der Waals surface area contributed by atoms with Crippen LogP contribution < -0.4 is 9.64 Å². The van der Waals surface area contributed by atoms with Gasteiger partial charge in [-0.1, -0.05) is 41.2 Å². The third-order valence-corrected chi connectivity index (χ3v) is 7.72. The number of amides is 1. The molecule has 8 heteroatoms. The van der Waals surface area contributed by atoms with Crippen LogP contribution in [-0.2, 0) is 9.59 Å². The summed E-state index contributed by atoms with van der Waals surface area (Å²) >= 11 is 1.32. The number of ketones is 1. The van der Waals surface area contributed by atoms with E-state index in [9.17, 15) is 19.8 Å². The van der Waals surface area contributed by atoms with E-state index in [4.69, 9.17) is 9.72 Å². The number of aliphatic hydroxyl groups is 1. The van der Waals surface area contributed by atoms with Crippen molar-refractivity contribution in [1.29, 1.82) is 0 Å². The van der Waals surface area contributed by atoms with Crippen LogP contribution in [-0.4, -0.2) is 33.5 Å². The number of benzene rings is 3. The number of phenols is 1. The van der Waals surface area contributed by atoms with Crippen LogP contribution in [0.4, 0.5) is 5.13 Å². The van der Waals surface area contributed by atoms with Gasteiger partial charge >= 0.3 is 5.91 Å². The Morgan fingerprint density at radius 2 is 1.76 bits per heavy atom. The first kappa shape index (κ1) is 25.5. The van der Waals surface area contributed by atoms with Crippen LogP contribution in [0, 0.1) is 27.7 Å². The van der Waals surface area contributed by atoms with E-state index in [1.807, 2.05) is 52.0 Å². The van der Waals surface area contributed by atoms with Crippen molar-refractivity contribution >= 4 is 44.1 Å². The quantitative estimate of drug-likeness (QED) is 0.180. The summed E-state index contributed by atoms with van der Waals surface area (Å²) < 4.78 is 6.49. The van der Waals surface area contributed by atoms with E-state index in [2.05, 4.69) is 0 Å². The molecule has 0 aliphatic carbocycles. The van der Waals surface area contributed by atoms with Gasteiger partial charge in [0.05, 0.1) is 28.4 Å². The first-order chi connectivity index (χ1) is 18.1. The molecule has 1 aliphatic heterocycles. The summed E-state index contributed by atoms with van der Waals surface area (Å²) in [6, 6.07) is 13.3. The molecule has 1 atom stereocenters. The lowest BCUT2D eigenvalue weighted by Gasteiger charge is -2.24. The van der Waals surface area contributed by atoms with Gasteiger partial charge < -0.3 is 14.9 Å². The van der Waals surface area contributed by atoms with Gasteiger partial charge in [-0.25, -0.2) is 4.98 Å². The van der Waals surface area contributed by atoms with Gasteiger partial charge in [-0.15, -0.1) is 0 Å². The Kier molecular flexibility index (Phi) is 6.44. The standard InChI is InChI=1S/C30H28N2O5S/c1-6-37-22-14-19(9-10-21(22)33)26-24(27(34)20-12-15(2)7-8-17(20)4)28(35)29(36)32(26)30-31-25-18(5)11-16(3)13-23(25)38-30/h7-14,26,33-34H,6H2,1-5H3/b27-24+. The number of nitrogens with zero attached hydrogens (tertiary/aromatic N) is 2. The second kappa shape index (κ2) is 9.61. The molecule has 0 bridgehead atoms. The molecule has 5 rings (SSSR count). The second-order valence-electron chi connectivity index (χ2n) is 9.57. The number of carbonyl (C=O) groups is 2. The zero-order chi connectivity index (χ0) is 27.3. The molecular formula is C30H28N2O5S. The van der Waals surface area contributed by atoms with Gasteiger partial charge in [-0.05, 0) is 81.1 Å². The summed E-state index contributed by atoms with van der Waals surface area (Å²) in [5.74, 6) is -1.67. The predicted octanol–water partition coefficient (Wildman–Crippen LogP) is 6.26. The number of thiazole rings is 1. The lowest BCUT2D eigenvalue weighted by molar-refractivity contribution is -0.132. The number of hydrogen-bond acceptors (Lipinski definition) is 7. The monoisotopic (exact) mass is 528 g/mol. The highest BCUT2D eigenvalue weighted by molar-refractivity contribution is 7.22. The number of rotatable bonds is 5. The van der Waals surface area contributed by atoms with Crippen molar-refractivity contribution in [2.75, 3.05) is 11.5 Å². The third kappa shape index (κ3) is 4.20. The topological polar surface area (TPSA) is 100.0 Å². The molecule has 2 N–H and O–H groups in total. The molecule has 7 nitrogen and oxygen atoms in total. The van der Waals surface area contributed by atoms with Crippen LogP contribution in [0.2, 0.25) is 0 Å². The van der Waals surface area contributed by atoms with E-state index < -0.39 is 17.7 Å². The predicted molar refractivity (Wildman–Crippen MR) is 149 cm³/mol. The van der Waals surface area contributed by atoms with Crippen molar-refractivity contribution in [2.24, 2.45) is 0 Å². The van der Waals surface area contributed by atoms with Crippen LogP contribution in [0.25, 0.3) is 16.0 Å². The summed E-state index contributed by atoms with van der Waals surface area (Å²) in [6.45, 7) is 9.80. The Hall–Kier alpha value is -4.17. The molecule has 0 spiro atoms. The fourth-order valence-electron chi connectivity index (χ4n) is 4.92. The first-order valence-corrected chi connectivity index (χ1v) is 13.1. The lowest BCUT2D eigenvalue weighted by atomic mass is 9.93. The summed E-state index contributed by atoms with van der Waals surface area (Å²) in [7, 11) is 0. The normalized spacial score (nSPS) is 17.0. The van der Waals surface area contributed by atoms with E-state index in [1.54, 1.807) is 25.1 Å².